The van der Waals surface area contributed by atoms with Crippen LogP contribution in [0.4, 0.5) is 0 Å². The monoisotopic (exact) mass is 287 g/mol. The van der Waals surface area contributed by atoms with Gasteiger partial charge in [-0.2, -0.15) is 5.26 Å². The van der Waals surface area contributed by atoms with Gasteiger partial charge in [0.25, 0.3) is 0 Å². The second kappa shape index (κ2) is 4.40. The van der Waals surface area contributed by atoms with E-state index in [2.05, 4.69) is 6.07 Å². The SMILES string of the molecule is N#Cc1ccc2c(c1)CC1=C(O2)C(=O)c2ccccc2C1=O. The first-order valence-corrected chi connectivity index (χ1v) is 6.81. The number of benzene rings is 2. The third-order valence-electron chi connectivity index (χ3n) is 3.94. The normalized spacial score (nSPS) is 15.4. The lowest BCUT2D eigenvalue weighted by molar-refractivity contribution is 0.0930. The lowest BCUT2D eigenvalue weighted by atomic mass is 9.84. The number of carbonyl (C=O) groups is 2. The number of carbonyl (C=O) groups excluding carboxylic acids is 2. The minimum atomic E-state index is -0.264. The molecule has 104 valence electrons. The van der Waals surface area contributed by atoms with Crippen molar-refractivity contribution in [2.45, 2.75) is 6.42 Å². The minimum Gasteiger partial charge on any atom is -0.452 e. The lowest BCUT2D eigenvalue weighted by Crippen LogP contribution is -2.28. The lowest BCUT2D eigenvalue weighted by Gasteiger charge is -2.26. The highest BCUT2D eigenvalue weighted by Crippen LogP contribution is 2.36. The summed E-state index contributed by atoms with van der Waals surface area (Å²) < 4.78 is 5.67. The Labute approximate surface area is 126 Å². The van der Waals surface area contributed by atoms with E-state index in [4.69, 9.17) is 10.00 Å². The summed E-state index contributed by atoms with van der Waals surface area (Å²) in [6.45, 7) is 0. The molecule has 4 rings (SSSR count). The second-order valence-corrected chi connectivity index (χ2v) is 5.22. The molecule has 0 atom stereocenters. The highest BCUT2D eigenvalue weighted by molar-refractivity contribution is 6.26. The van der Waals surface area contributed by atoms with Crippen molar-refractivity contribution in [1.82, 2.24) is 0 Å². The molecule has 0 bridgehead atoms. The van der Waals surface area contributed by atoms with E-state index < -0.39 is 0 Å². The standard InChI is InChI=1S/C18H9NO3/c19-9-10-5-6-15-11(7-10)8-14-16(20)12-3-1-2-4-13(12)17(21)18(14)22-15/h1-7H,8H2. The molecule has 0 fully saturated rings. The van der Waals surface area contributed by atoms with Gasteiger partial charge in [-0.25, -0.2) is 0 Å². The van der Waals surface area contributed by atoms with E-state index in [1.165, 1.54) is 0 Å². The summed E-state index contributed by atoms with van der Waals surface area (Å²) >= 11 is 0. The van der Waals surface area contributed by atoms with Crippen LogP contribution < -0.4 is 4.74 Å². The average Bonchev–Trinajstić information content (AvgIpc) is 2.58. The van der Waals surface area contributed by atoms with Crippen LogP contribution in [0.25, 0.3) is 0 Å². The molecule has 0 saturated carbocycles. The van der Waals surface area contributed by atoms with E-state index in [0.717, 1.165) is 5.56 Å². The van der Waals surface area contributed by atoms with Gasteiger partial charge in [-0.15, -0.1) is 0 Å². The van der Waals surface area contributed by atoms with E-state index in [0.29, 0.717) is 34.4 Å². The van der Waals surface area contributed by atoms with E-state index >= 15 is 0 Å². The van der Waals surface area contributed by atoms with Gasteiger partial charge in [-0.05, 0) is 18.2 Å². The van der Waals surface area contributed by atoms with Gasteiger partial charge in [0, 0.05) is 23.1 Å². The Morgan fingerprint density at radius 1 is 1.00 bits per heavy atom. The van der Waals surface area contributed by atoms with Gasteiger partial charge in [0.05, 0.1) is 17.2 Å². The Kier molecular flexibility index (Phi) is 2.51. The average molecular weight is 287 g/mol. The maximum atomic E-state index is 12.6. The number of Topliss-reactive ketones (excluding diaryl/α,β-unsaturated/α-hetero) is 2. The summed E-state index contributed by atoms with van der Waals surface area (Å²) in [5.74, 6) is 0.192. The fourth-order valence-electron chi connectivity index (χ4n) is 2.86. The molecular weight excluding hydrogens is 278 g/mol. The second-order valence-electron chi connectivity index (χ2n) is 5.22. The molecule has 4 heteroatoms. The Bertz CT molecular complexity index is 932. The molecule has 1 heterocycles. The van der Waals surface area contributed by atoms with E-state index in [-0.39, 0.29) is 17.3 Å². The quantitative estimate of drug-likeness (QED) is 0.747. The summed E-state index contributed by atoms with van der Waals surface area (Å²) in [4.78, 5) is 25.1. The van der Waals surface area contributed by atoms with E-state index in [9.17, 15) is 9.59 Å². The third-order valence-corrected chi connectivity index (χ3v) is 3.94. The predicted octanol–water partition coefficient (Wildman–Crippen LogP) is 2.83. The van der Waals surface area contributed by atoms with Crippen molar-refractivity contribution in [3.8, 4) is 11.8 Å². The smallest absolute Gasteiger partial charge is 0.229 e. The molecule has 4 nitrogen and oxygen atoms in total. The topological polar surface area (TPSA) is 67.2 Å². The number of hydrogen-bond donors (Lipinski definition) is 0. The third kappa shape index (κ3) is 1.63. The molecule has 1 aliphatic carbocycles. The number of hydrogen-bond acceptors (Lipinski definition) is 4. The first-order valence-electron chi connectivity index (χ1n) is 6.81. The van der Waals surface area contributed by atoms with Gasteiger partial charge >= 0.3 is 0 Å². The maximum Gasteiger partial charge on any atom is 0.229 e. The molecule has 0 amide bonds. The highest BCUT2D eigenvalue weighted by Gasteiger charge is 2.36. The van der Waals surface area contributed by atoms with Crippen molar-refractivity contribution in [3.63, 3.8) is 0 Å². The first kappa shape index (κ1) is 12.5. The van der Waals surface area contributed by atoms with E-state index in [1.54, 1.807) is 42.5 Å². The van der Waals surface area contributed by atoms with Crippen LogP contribution in [0.1, 0.15) is 31.8 Å². The van der Waals surface area contributed by atoms with Crippen molar-refractivity contribution in [3.05, 3.63) is 76.1 Å². The van der Waals surface area contributed by atoms with Crippen LogP contribution in [0, 0.1) is 11.3 Å². The Hall–Kier alpha value is -3.19. The molecule has 2 aromatic rings. The van der Waals surface area contributed by atoms with Crippen LogP contribution >= 0.6 is 0 Å². The summed E-state index contributed by atoms with van der Waals surface area (Å²) in [6.07, 6.45) is 0.305. The molecule has 0 unspecified atom stereocenters. The van der Waals surface area contributed by atoms with Crippen LogP contribution in [0.2, 0.25) is 0 Å². The first-order chi connectivity index (χ1) is 10.7. The zero-order valence-corrected chi connectivity index (χ0v) is 11.4. The number of nitrogens with zero attached hydrogens (tertiary/aromatic N) is 1. The van der Waals surface area contributed by atoms with Crippen LogP contribution in [0.3, 0.4) is 0 Å². The summed E-state index contributed by atoms with van der Waals surface area (Å²) in [7, 11) is 0. The molecule has 22 heavy (non-hydrogen) atoms. The number of rotatable bonds is 0. The molecule has 0 saturated heterocycles. The van der Waals surface area contributed by atoms with Crippen LogP contribution in [0.15, 0.2) is 53.8 Å². The minimum absolute atomic E-state index is 0.112. The highest BCUT2D eigenvalue weighted by atomic mass is 16.5. The molecular formula is C18H9NO3. The van der Waals surface area contributed by atoms with Crippen LogP contribution in [0.5, 0.6) is 5.75 Å². The van der Waals surface area contributed by atoms with Crippen molar-refractivity contribution in [2.24, 2.45) is 0 Å². The van der Waals surface area contributed by atoms with Gasteiger partial charge in [-0.1, -0.05) is 24.3 Å². The Morgan fingerprint density at radius 3 is 2.45 bits per heavy atom. The van der Waals surface area contributed by atoms with Crippen molar-refractivity contribution in [2.75, 3.05) is 0 Å². The molecule has 0 aromatic heterocycles. The van der Waals surface area contributed by atoms with E-state index in [1.807, 2.05) is 0 Å². The largest absolute Gasteiger partial charge is 0.452 e. The van der Waals surface area contributed by atoms with Crippen molar-refractivity contribution in [1.29, 1.82) is 5.26 Å². The van der Waals surface area contributed by atoms with Gasteiger partial charge < -0.3 is 4.74 Å². The zero-order chi connectivity index (χ0) is 15.3. The Balaban J connectivity index is 1.86. The molecule has 2 aromatic carbocycles. The number of ketones is 2. The number of nitriles is 1. The number of fused-ring (bicyclic) bond motifs is 2. The van der Waals surface area contributed by atoms with Crippen LogP contribution in [-0.2, 0) is 6.42 Å². The van der Waals surface area contributed by atoms with Gasteiger partial charge in [0.2, 0.25) is 5.78 Å². The zero-order valence-electron chi connectivity index (χ0n) is 11.4. The summed E-state index contributed by atoms with van der Waals surface area (Å²) in [6, 6.07) is 13.8. The van der Waals surface area contributed by atoms with Gasteiger partial charge in [-0.3, -0.25) is 9.59 Å². The van der Waals surface area contributed by atoms with Gasteiger partial charge in [0.1, 0.15) is 5.75 Å². The number of ether oxygens (including phenoxy) is 1. The molecule has 0 radical (unpaired) electrons. The van der Waals surface area contributed by atoms with Gasteiger partial charge in [0.15, 0.2) is 11.5 Å². The maximum absolute atomic E-state index is 12.6. The fourth-order valence-corrected chi connectivity index (χ4v) is 2.86. The fraction of sp³-hybridized carbons (Fsp3) is 0.0556. The number of allylic oxidation sites excluding steroid dienone is 2. The van der Waals surface area contributed by atoms with Crippen molar-refractivity contribution < 1.29 is 14.3 Å². The molecule has 1 aliphatic heterocycles. The van der Waals surface area contributed by atoms with Crippen LogP contribution in [-0.4, -0.2) is 11.6 Å². The summed E-state index contributed by atoms with van der Waals surface area (Å²) in [5.41, 5.74) is 2.41. The molecule has 0 N–H and O–H groups in total. The molecule has 2 aliphatic rings. The predicted molar refractivity (Wildman–Crippen MR) is 77.6 cm³/mol. The Morgan fingerprint density at radius 2 is 1.73 bits per heavy atom. The summed E-state index contributed by atoms with van der Waals surface area (Å²) in [5, 5.41) is 8.97. The van der Waals surface area contributed by atoms with Crippen molar-refractivity contribution >= 4 is 11.6 Å². The molecule has 0 spiro atoms.